The third-order valence-electron chi connectivity index (χ3n) is 4.30. The first-order chi connectivity index (χ1) is 11.6. The summed E-state index contributed by atoms with van der Waals surface area (Å²) in [7, 11) is 0. The highest BCUT2D eigenvalue weighted by Crippen LogP contribution is 2.36. The van der Waals surface area contributed by atoms with Gasteiger partial charge in [-0.25, -0.2) is 9.97 Å². The molecule has 1 aromatic heterocycles. The summed E-state index contributed by atoms with van der Waals surface area (Å²) in [4.78, 5) is 21.7. The number of nitrogens with two attached hydrogens (primary N) is 1. The van der Waals surface area contributed by atoms with Crippen molar-refractivity contribution in [2.24, 2.45) is 5.73 Å². The Morgan fingerprint density at radius 3 is 2.62 bits per heavy atom. The van der Waals surface area contributed by atoms with Crippen molar-refractivity contribution in [3.05, 3.63) is 41.3 Å². The molecule has 1 amide bonds. The number of benzene rings is 1. The lowest BCUT2D eigenvalue weighted by Crippen LogP contribution is -2.34. The third-order valence-corrected chi connectivity index (χ3v) is 4.60. The average molecular weight is 347 g/mol. The van der Waals surface area contributed by atoms with Crippen LogP contribution in [0.1, 0.15) is 42.6 Å². The summed E-state index contributed by atoms with van der Waals surface area (Å²) in [5.41, 5.74) is 6.33. The van der Waals surface area contributed by atoms with Gasteiger partial charge in [-0.15, -0.1) is 0 Å². The summed E-state index contributed by atoms with van der Waals surface area (Å²) in [6.45, 7) is 0. The lowest BCUT2D eigenvalue weighted by molar-refractivity contribution is 0.0995. The van der Waals surface area contributed by atoms with Gasteiger partial charge in [0, 0.05) is 17.8 Å². The fraction of sp³-hybridized carbons (Fsp3) is 0.353. The van der Waals surface area contributed by atoms with Crippen molar-refractivity contribution in [1.82, 2.24) is 9.97 Å². The highest BCUT2D eigenvalue weighted by Gasteiger charge is 2.25. The van der Waals surface area contributed by atoms with Crippen molar-refractivity contribution in [2.75, 3.05) is 4.90 Å². The van der Waals surface area contributed by atoms with Gasteiger partial charge >= 0.3 is 0 Å². The lowest BCUT2D eigenvalue weighted by atomic mass is 9.93. The Labute approximate surface area is 145 Å². The van der Waals surface area contributed by atoms with E-state index in [2.05, 4.69) is 14.9 Å². The van der Waals surface area contributed by atoms with E-state index >= 15 is 0 Å². The van der Waals surface area contributed by atoms with Crippen LogP contribution in [0.3, 0.4) is 0 Å². The molecule has 1 heterocycles. The van der Waals surface area contributed by atoms with Crippen molar-refractivity contribution in [2.45, 2.75) is 38.1 Å². The van der Waals surface area contributed by atoms with Crippen molar-refractivity contribution in [1.29, 1.82) is 0 Å². The molecule has 1 aliphatic carbocycles. The molecule has 0 radical (unpaired) electrons. The number of hydrogen-bond acceptors (Lipinski definition) is 5. The topological polar surface area (TPSA) is 92.3 Å². The molecule has 24 heavy (non-hydrogen) atoms. The first kappa shape index (κ1) is 16.5. The van der Waals surface area contributed by atoms with Gasteiger partial charge in [0.25, 0.3) is 5.91 Å². The van der Waals surface area contributed by atoms with Crippen LogP contribution in [0, 0.1) is 0 Å². The molecule has 7 heteroatoms. The normalized spacial score (nSPS) is 15.2. The number of phenols is 1. The van der Waals surface area contributed by atoms with E-state index in [9.17, 15) is 9.90 Å². The van der Waals surface area contributed by atoms with Gasteiger partial charge in [0.1, 0.15) is 23.6 Å². The van der Waals surface area contributed by atoms with E-state index in [0.717, 1.165) is 31.4 Å². The largest absolute Gasteiger partial charge is 0.506 e. The second kappa shape index (κ2) is 7.05. The molecule has 3 rings (SSSR count). The van der Waals surface area contributed by atoms with Gasteiger partial charge in [0.15, 0.2) is 0 Å². The quantitative estimate of drug-likeness (QED) is 0.885. The highest BCUT2D eigenvalue weighted by atomic mass is 35.5. The van der Waals surface area contributed by atoms with Gasteiger partial charge in [0.2, 0.25) is 0 Å². The van der Waals surface area contributed by atoms with Crippen molar-refractivity contribution in [3.63, 3.8) is 0 Å². The molecule has 0 spiro atoms. The maximum Gasteiger partial charge on any atom is 0.267 e. The number of rotatable bonds is 4. The van der Waals surface area contributed by atoms with Gasteiger partial charge in [-0.1, -0.05) is 30.9 Å². The number of hydrogen-bond donors (Lipinski definition) is 2. The van der Waals surface area contributed by atoms with Crippen molar-refractivity contribution < 1.29 is 9.90 Å². The van der Waals surface area contributed by atoms with E-state index in [-0.39, 0.29) is 22.5 Å². The van der Waals surface area contributed by atoms with E-state index < -0.39 is 5.91 Å². The van der Waals surface area contributed by atoms with Crippen molar-refractivity contribution in [3.8, 4) is 5.75 Å². The average Bonchev–Trinajstić information content (AvgIpc) is 2.59. The molecule has 0 atom stereocenters. The van der Waals surface area contributed by atoms with E-state index in [1.54, 1.807) is 24.3 Å². The number of phenolic OH excluding ortho intramolecular Hbond substituents is 1. The Morgan fingerprint density at radius 1 is 1.21 bits per heavy atom. The monoisotopic (exact) mass is 346 g/mol. The second-order valence-electron chi connectivity index (χ2n) is 5.92. The van der Waals surface area contributed by atoms with Crippen LogP contribution in [-0.2, 0) is 0 Å². The summed E-state index contributed by atoms with van der Waals surface area (Å²) in [6, 6.07) is 6.90. The van der Waals surface area contributed by atoms with Crippen LogP contribution in [0.5, 0.6) is 5.75 Å². The molecule has 6 nitrogen and oxygen atoms in total. The summed E-state index contributed by atoms with van der Waals surface area (Å²) in [6.07, 6.45) is 6.88. The number of aromatic nitrogens is 2. The summed E-state index contributed by atoms with van der Waals surface area (Å²) in [5, 5.41) is 9.96. The van der Waals surface area contributed by atoms with Gasteiger partial charge in [-0.05, 0) is 31.0 Å². The zero-order chi connectivity index (χ0) is 17.1. The van der Waals surface area contributed by atoms with Crippen LogP contribution in [-0.4, -0.2) is 27.0 Å². The molecular formula is C17H19ClN4O2. The van der Waals surface area contributed by atoms with Crippen LogP contribution in [0.2, 0.25) is 5.02 Å². The molecule has 3 N–H and O–H groups in total. The lowest BCUT2D eigenvalue weighted by Gasteiger charge is -2.35. The van der Waals surface area contributed by atoms with Crippen LogP contribution in [0.15, 0.2) is 30.6 Å². The number of halogens is 1. The van der Waals surface area contributed by atoms with Crippen LogP contribution < -0.4 is 10.6 Å². The van der Waals surface area contributed by atoms with E-state index in [1.165, 1.54) is 12.7 Å². The van der Waals surface area contributed by atoms with Gasteiger partial charge in [-0.2, -0.15) is 0 Å². The number of nitrogens with zero attached hydrogens (tertiary/aromatic N) is 3. The molecular weight excluding hydrogens is 328 g/mol. The Hall–Kier alpha value is -2.34. The number of carbonyl (C=O) groups is 1. The third kappa shape index (κ3) is 3.43. The first-order valence-corrected chi connectivity index (χ1v) is 8.33. The molecule has 0 aliphatic heterocycles. The number of anilines is 2. The van der Waals surface area contributed by atoms with Gasteiger partial charge in [0.05, 0.1) is 5.02 Å². The zero-order valence-electron chi connectivity index (χ0n) is 13.2. The number of aromatic hydroxyl groups is 1. The van der Waals surface area contributed by atoms with Gasteiger partial charge < -0.3 is 15.7 Å². The fourth-order valence-electron chi connectivity index (χ4n) is 3.13. The molecule has 1 saturated carbocycles. The molecule has 1 aromatic carbocycles. The minimum absolute atomic E-state index is 0.0320. The predicted octanol–water partition coefficient (Wildman–Crippen LogP) is 3.41. The van der Waals surface area contributed by atoms with Gasteiger partial charge in [-0.3, -0.25) is 4.79 Å². The summed E-state index contributed by atoms with van der Waals surface area (Å²) < 4.78 is 0. The summed E-state index contributed by atoms with van der Waals surface area (Å²) in [5.74, 6) is 0.0444. The molecule has 1 fully saturated rings. The first-order valence-electron chi connectivity index (χ1n) is 7.96. The predicted molar refractivity (Wildman–Crippen MR) is 92.7 cm³/mol. The smallest absolute Gasteiger partial charge is 0.267 e. The standard InChI is InChI=1S/C17H19ClN4O2/c18-13-8-12(6-7-15(13)23)22(11-4-2-1-3-5-11)16-9-14(17(19)24)20-10-21-16/h6-11,23H,1-5H2,(H2,19,24). The highest BCUT2D eigenvalue weighted by molar-refractivity contribution is 6.32. The molecule has 1 aliphatic rings. The van der Waals surface area contributed by atoms with Crippen LogP contribution in [0.25, 0.3) is 0 Å². The second-order valence-corrected chi connectivity index (χ2v) is 6.33. The van der Waals surface area contributed by atoms with Crippen LogP contribution >= 0.6 is 11.6 Å². The number of carbonyl (C=O) groups excluding carboxylic acids is 1. The molecule has 0 saturated heterocycles. The fourth-order valence-corrected chi connectivity index (χ4v) is 3.30. The Morgan fingerprint density at radius 2 is 1.96 bits per heavy atom. The Kier molecular flexibility index (Phi) is 4.85. The molecule has 2 aromatic rings. The number of amides is 1. The number of primary amides is 1. The van der Waals surface area contributed by atoms with Crippen LogP contribution in [0.4, 0.5) is 11.5 Å². The minimum atomic E-state index is -0.592. The van der Waals surface area contributed by atoms with E-state index in [4.69, 9.17) is 17.3 Å². The maximum atomic E-state index is 11.4. The molecule has 0 bridgehead atoms. The zero-order valence-corrected chi connectivity index (χ0v) is 13.9. The van der Waals surface area contributed by atoms with E-state index in [0.29, 0.717) is 5.82 Å². The SMILES string of the molecule is NC(=O)c1cc(N(c2ccc(O)c(Cl)c2)C2CCCCC2)ncn1. The van der Waals surface area contributed by atoms with E-state index in [1.807, 2.05) is 0 Å². The minimum Gasteiger partial charge on any atom is -0.506 e. The Bertz CT molecular complexity index is 747. The molecule has 126 valence electrons. The maximum absolute atomic E-state index is 11.4. The molecule has 0 unspecified atom stereocenters. The Balaban J connectivity index is 2.05. The van der Waals surface area contributed by atoms with Crippen molar-refractivity contribution >= 4 is 29.0 Å². The summed E-state index contributed by atoms with van der Waals surface area (Å²) >= 11 is 6.08.